The smallest absolute Gasteiger partial charge is 0.356 e. The van der Waals surface area contributed by atoms with Gasteiger partial charge in [-0.1, -0.05) is 6.07 Å². The molecule has 1 aromatic rings. The van der Waals surface area contributed by atoms with Crippen LogP contribution in [0.4, 0.5) is 0 Å². The Morgan fingerprint density at radius 3 is 2.51 bits per heavy atom. The van der Waals surface area contributed by atoms with Gasteiger partial charge in [-0.05, 0) is 44.0 Å². The lowest BCUT2D eigenvalue weighted by Gasteiger charge is -2.50. The van der Waals surface area contributed by atoms with Crippen molar-refractivity contribution < 1.29 is 47.7 Å². The number of benzene rings is 1. The van der Waals surface area contributed by atoms with E-state index >= 15 is 0 Å². The summed E-state index contributed by atoms with van der Waals surface area (Å²) in [6.07, 6.45) is 0.562. The van der Waals surface area contributed by atoms with Gasteiger partial charge in [0.05, 0.1) is 6.61 Å². The maximum Gasteiger partial charge on any atom is 0.356 e. The van der Waals surface area contributed by atoms with Crippen LogP contribution in [-0.4, -0.2) is 83.2 Å². The summed E-state index contributed by atoms with van der Waals surface area (Å²) in [5, 5.41) is 4.15. The Bertz CT molecular complexity index is 1400. The van der Waals surface area contributed by atoms with Crippen LogP contribution in [0.15, 0.2) is 29.5 Å². The van der Waals surface area contributed by atoms with E-state index in [0.29, 0.717) is 24.4 Å². The van der Waals surface area contributed by atoms with Crippen molar-refractivity contribution in [1.82, 2.24) is 15.5 Å². The fraction of sp³-hybridized carbons (Fsp3) is 0.500. The molecule has 3 aliphatic heterocycles. The molecular formula is C28H34N4O10S. The minimum Gasteiger partial charge on any atom is -0.493 e. The molecule has 3 amide bonds. The zero-order valence-electron chi connectivity index (χ0n) is 24.4. The van der Waals surface area contributed by atoms with Crippen molar-refractivity contribution in [1.29, 1.82) is 0 Å². The molecule has 3 atom stereocenters. The molecule has 3 unspecified atom stereocenters. The Hall–Kier alpha value is -4.11. The second kappa shape index (κ2) is 12.2. The highest BCUT2D eigenvalue weighted by molar-refractivity contribution is 8.00. The molecular weight excluding hydrogens is 584 g/mol. The van der Waals surface area contributed by atoms with E-state index < -0.39 is 64.9 Å². The summed E-state index contributed by atoms with van der Waals surface area (Å²) in [4.78, 5) is 77.5. The molecule has 0 aromatic heterocycles. The number of nitrogens with one attached hydrogen (secondary N) is 2. The molecule has 4 rings (SSSR count). The van der Waals surface area contributed by atoms with E-state index in [1.807, 2.05) is 0 Å². The van der Waals surface area contributed by atoms with Crippen LogP contribution >= 0.6 is 11.8 Å². The van der Waals surface area contributed by atoms with Crippen molar-refractivity contribution >= 4 is 47.4 Å². The molecule has 15 heteroatoms. The number of ether oxygens (including phenoxy) is 4. The lowest BCUT2D eigenvalue weighted by Crippen LogP contribution is -2.73. The van der Waals surface area contributed by atoms with Crippen molar-refractivity contribution in [2.75, 3.05) is 25.7 Å². The molecule has 0 spiro atoms. The van der Waals surface area contributed by atoms with Gasteiger partial charge in [0.15, 0.2) is 6.73 Å². The Morgan fingerprint density at radius 2 is 1.86 bits per heavy atom. The van der Waals surface area contributed by atoms with E-state index in [1.165, 1.54) is 31.7 Å². The predicted octanol–water partition coefficient (Wildman–Crippen LogP) is -0.0289. The fourth-order valence-electron chi connectivity index (χ4n) is 4.63. The fourth-order valence-corrected chi connectivity index (χ4v) is 5.96. The summed E-state index contributed by atoms with van der Waals surface area (Å²) >= 11 is 1.21. The number of amides is 3. The van der Waals surface area contributed by atoms with Crippen LogP contribution in [0.25, 0.3) is 0 Å². The first kappa shape index (κ1) is 31.8. The quantitative estimate of drug-likeness (QED) is 0.110. The highest BCUT2D eigenvalue weighted by Crippen LogP contribution is 2.41. The summed E-state index contributed by atoms with van der Waals surface area (Å²) in [5.74, 6) is -3.84. The minimum atomic E-state index is -2.32. The summed E-state index contributed by atoms with van der Waals surface area (Å²) in [6, 6.07) is 3.58. The topological polar surface area (TPSA) is 193 Å². The van der Waals surface area contributed by atoms with Crippen LogP contribution < -0.4 is 21.1 Å². The lowest BCUT2D eigenvalue weighted by atomic mass is 9.87. The Kier molecular flexibility index (Phi) is 9.06. The second-order valence-corrected chi connectivity index (χ2v) is 12.2. The van der Waals surface area contributed by atoms with E-state index in [-0.39, 0.29) is 23.6 Å². The summed E-state index contributed by atoms with van der Waals surface area (Å²) < 4.78 is 21.2. The molecule has 14 nitrogen and oxygen atoms in total. The maximum absolute atomic E-state index is 13.8. The van der Waals surface area contributed by atoms with Gasteiger partial charge in [-0.2, -0.15) is 0 Å². The third-order valence-corrected chi connectivity index (χ3v) is 8.06. The second-order valence-electron chi connectivity index (χ2n) is 11.1. The number of hydrogen-bond donors (Lipinski definition) is 3. The first-order valence-corrected chi connectivity index (χ1v) is 14.5. The summed E-state index contributed by atoms with van der Waals surface area (Å²) in [6.45, 7) is 7.08. The van der Waals surface area contributed by atoms with E-state index in [0.717, 1.165) is 10.5 Å². The number of rotatable bonds is 9. The molecule has 0 aliphatic carbocycles. The number of β-lactam (4-membered cyclic amide) rings is 1. The SMILES string of the molecule is CC(=O)NCOC(=O)C1=C(COC(C)=O)CSC2C(NC(=O)C(N)(C(=O)OC(C)(C)C)c3ccc4c(c3)CCO4)C(=O)N12. The minimum absolute atomic E-state index is 0.156. The Labute approximate surface area is 251 Å². The zero-order chi connectivity index (χ0) is 31.7. The van der Waals surface area contributed by atoms with Gasteiger partial charge in [0, 0.05) is 31.6 Å². The number of thioether (sulfide) groups is 1. The third kappa shape index (κ3) is 6.62. The molecule has 0 radical (unpaired) electrons. The molecule has 1 saturated heterocycles. The highest BCUT2D eigenvalue weighted by atomic mass is 32.2. The average molecular weight is 619 g/mol. The van der Waals surface area contributed by atoms with Gasteiger partial charge in [0.2, 0.25) is 11.4 Å². The summed E-state index contributed by atoms with van der Waals surface area (Å²) in [5.41, 5.74) is 4.36. The van der Waals surface area contributed by atoms with Gasteiger partial charge in [0.1, 0.15) is 35.1 Å². The standard InChI is InChI=1S/C28H34N4O10S/c1-14(33)30-13-41-24(36)21-17(11-40-15(2)34)12-43-23-20(22(35)32(21)23)31-25(37)28(29,26(38)42-27(3,4)5)18-6-7-19-16(10-18)8-9-39-19/h6-7,10,20,23H,8-9,11-13,29H2,1-5H3,(H,30,33)(H,31,37). The Morgan fingerprint density at radius 1 is 1.14 bits per heavy atom. The molecule has 0 bridgehead atoms. The van der Waals surface area contributed by atoms with E-state index in [2.05, 4.69) is 10.6 Å². The predicted molar refractivity (Wildman–Crippen MR) is 151 cm³/mol. The zero-order valence-corrected chi connectivity index (χ0v) is 25.3. The molecule has 1 aromatic carbocycles. The van der Waals surface area contributed by atoms with Gasteiger partial charge in [-0.15, -0.1) is 11.8 Å². The number of esters is 3. The molecule has 3 aliphatic rings. The molecule has 0 saturated carbocycles. The van der Waals surface area contributed by atoms with Gasteiger partial charge < -0.3 is 35.3 Å². The number of carbonyl (C=O) groups excluding carboxylic acids is 6. The number of nitrogens with two attached hydrogens (primary N) is 1. The summed E-state index contributed by atoms with van der Waals surface area (Å²) in [7, 11) is 0. The molecule has 4 N–H and O–H groups in total. The normalized spacial score (nSPS) is 20.4. The maximum atomic E-state index is 13.8. The van der Waals surface area contributed by atoms with Crippen molar-refractivity contribution in [3.05, 3.63) is 40.6 Å². The third-order valence-electron chi connectivity index (χ3n) is 6.73. The number of nitrogens with zero attached hydrogens (tertiary/aromatic N) is 1. The van der Waals surface area contributed by atoms with E-state index in [9.17, 15) is 28.8 Å². The van der Waals surface area contributed by atoms with Crippen LogP contribution in [0, 0.1) is 0 Å². The van der Waals surface area contributed by atoms with Gasteiger partial charge in [-0.3, -0.25) is 24.1 Å². The number of hydrogen-bond acceptors (Lipinski definition) is 12. The highest BCUT2D eigenvalue weighted by Gasteiger charge is 2.57. The van der Waals surface area contributed by atoms with Gasteiger partial charge >= 0.3 is 17.9 Å². The molecule has 3 heterocycles. The van der Waals surface area contributed by atoms with Crippen LogP contribution in [0.5, 0.6) is 5.75 Å². The van der Waals surface area contributed by atoms with Crippen LogP contribution in [0.2, 0.25) is 0 Å². The van der Waals surface area contributed by atoms with Crippen molar-refractivity contribution in [2.45, 2.75) is 63.6 Å². The van der Waals surface area contributed by atoms with Gasteiger partial charge in [-0.25, -0.2) is 9.59 Å². The number of fused-ring (bicyclic) bond motifs is 2. The van der Waals surface area contributed by atoms with Crippen molar-refractivity contribution in [2.24, 2.45) is 5.73 Å². The average Bonchev–Trinajstić information content (AvgIpc) is 3.40. The monoisotopic (exact) mass is 618 g/mol. The van der Waals surface area contributed by atoms with Gasteiger partial charge in [0.25, 0.3) is 11.8 Å². The van der Waals surface area contributed by atoms with Crippen LogP contribution in [-0.2, 0) is 54.9 Å². The van der Waals surface area contributed by atoms with Crippen LogP contribution in [0.3, 0.4) is 0 Å². The van der Waals surface area contributed by atoms with Crippen molar-refractivity contribution in [3.8, 4) is 5.75 Å². The Balaban J connectivity index is 1.60. The first-order chi connectivity index (χ1) is 20.1. The largest absolute Gasteiger partial charge is 0.493 e. The first-order valence-electron chi connectivity index (χ1n) is 13.4. The molecule has 43 heavy (non-hydrogen) atoms. The molecule has 1 fully saturated rings. The number of carbonyl (C=O) groups is 6. The van der Waals surface area contributed by atoms with Crippen molar-refractivity contribution in [3.63, 3.8) is 0 Å². The molecule has 232 valence electrons. The van der Waals surface area contributed by atoms with Crippen LogP contribution in [0.1, 0.15) is 45.7 Å². The lowest BCUT2D eigenvalue weighted by molar-refractivity contribution is -0.166. The van der Waals surface area contributed by atoms with E-state index in [1.54, 1.807) is 32.9 Å². The van der Waals surface area contributed by atoms with E-state index in [4.69, 9.17) is 24.7 Å².